The van der Waals surface area contributed by atoms with Crippen LogP contribution < -0.4 is 10.2 Å². The summed E-state index contributed by atoms with van der Waals surface area (Å²) in [6.45, 7) is 1.79. The SMILES string of the molecule is Cc1csc(N(C(=O)CCNc2ccc(C(F)(F)F)cc2[N+](=O)[O-])c2ccccc2)n1. The highest BCUT2D eigenvalue weighted by Crippen LogP contribution is 2.35. The van der Waals surface area contributed by atoms with Crippen molar-refractivity contribution in [3.63, 3.8) is 0 Å². The number of nitrogens with zero attached hydrogens (tertiary/aromatic N) is 3. The van der Waals surface area contributed by atoms with Crippen LogP contribution in [-0.4, -0.2) is 22.4 Å². The summed E-state index contributed by atoms with van der Waals surface area (Å²) < 4.78 is 38.5. The summed E-state index contributed by atoms with van der Waals surface area (Å²) in [5.74, 6) is -0.317. The fourth-order valence-electron chi connectivity index (χ4n) is 2.81. The number of rotatable bonds is 7. The van der Waals surface area contributed by atoms with E-state index < -0.39 is 22.4 Å². The van der Waals surface area contributed by atoms with Gasteiger partial charge in [-0.2, -0.15) is 13.2 Å². The predicted octanol–water partition coefficient (Wildman–Crippen LogP) is 5.55. The Labute approximate surface area is 179 Å². The largest absolute Gasteiger partial charge is 0.416 e. The normalized spacial score (nSPS) is 11.2. The van der Waals surface area contributed by atoms with Gasteiger partial charge < -0.3 is 5.32 Å². The van der Waals surface area contributed by atoms with Gasteiger partial charge in [0.15, 0.2) is 5.13 Å². The van der Waals surface area contributed by atoms with Gasteiger partial charge in [0.05, 0.1) is 21.9 Å². The molecule has 1 amide bonds. The van der Waals surface area contributed by atoms with Crippen LogP contribution in [0.15, 0.2) is 53.9 Å². The third-order valence-corrected chi connectivity index (χ3v) is 5.18. The maximum absolute atomic E-state index is 12.9. The number of aryl methyl sites for hydroxylation is 1. The number of hydrogen-bond donors (Lipinski definition) is 1. The number of benzene rings is 2. The molecule has 1 heterocycles. The average molecular weight is 450 g/mol. The summed E-state index contributed by atoms with van der Waals surface area (Å²) in [5.41, 5.74) is -0.551. The van der Waals surface area contributed by atoms with Crippen molar-refractivity contribution < 1.29 is 22.9 Å². The number of hydrogen-bond acceptors (Lipinski definition) is 6. The van der Waals surface area contributed by atoms with Crippen molar-refractivity contribution in [1.82, 2.24) is 4.98 Å². The number of carbonyl (C=O) groups is 1. The highest BCUT2D eigenvalue weighted by Gasteiger charge is 2.33. The number of aromatic nitrogens is 1. The fraction of sp³-hybridized carbons (Fsp3) is 0.200. The monoisotopic (exact) mass is 450 g/mol. The molecule has 7 nitrogen and oxygen atoms in total. The van der Waals surface area contributed by atoms with E-state index in [1.165, 1.54) is 16.2 Å². The number of nitro benzene ring substituents is 1. The first-order valence-electron chi connectivity index (χ1n) is 9.06. The molecule has 3 aromatic rings. The van der Waals surface area contributed by atoms with Gasteiger partial charge in [0, 0.05) is 24.4 Å². The van der Waals surface area contributed by atoms with Gasteiger partial charge in [-0.05, 0) is 31.2 Å². The lowest BCUT2D eigenvalue weighted by Crippen LogP contribution is -2.27. The zero-order valence-electron chi connectivity index (χ0n) is 16.2. The molecule has 0 atom stereocenters. The van der Waals surface area contributed by atoms with Gasteiger partial charge in [0.25, 0.3) is 5.69 Å². The van der Waals surface area contributed by atoms with E-state index in [-0.39, 0.29) is 24.6 Å². The van der Waals surface area contributed by atoms with Crippen molar-refractivity contribution in [2.24, 2.45) is 0 Å². The van der Waals surface area contributed by atoms with Gasteiger partial charge in [-0.1, -0.05) is 18.2 Å². The average Bonchev–Trinajstić information content (AvgIpc) is 3.14. The zero-order chi connectivity index (χ0) is 22.6. The molecular formula is C20H17F3N4O3S. The number of anilines is 3. The molecule has 0 saturated heterocycles. The Kier molecular flexibility index (Phi) is 6.54. The molecule has 0 aliphatic carbocycles. The summed E-state index contributed by atoms with van der Waals surface area (Å²) in [6, 6.07) is 11.1. The highest BCUT2D eigenvalue weighted by atomic mass is 32.1. The molecule has 2 aromatic carbocycles. The van der Waals surface area contributed by atoms with E-state index in [9.17, 15) is 28.1 Å². The Balaban J connectivity index is 1.76. The summed E-state index contributed by atoms with van der Waals surface area (Å²) in [6.07, 6.45) is -4.76. The number of carbonyl (C=O) groups excluding carboxylic acids is 1. The van der Waals surface area contributed by atoms with Crippen LogP contribution in [0.25, 0.3) is 0 Å². The molecule has 11 heteroatoms. The zero-order valence-corrected chi connectivity index (χ0v) is 17.0. The van der Waals surface area contributed by atoms with E-state index in [0.717, 1.165) is 17.8 Å². The number of alkyl halides is 3. The molecule has 0 aliphatic rings. The van der Waals surface area contributed by atoms with Crippen molar-refractivity contribution in [2.45, 2.75) is 19.5 Å². The fourth-order valence-corrected chi connectivity index (χ4v) is 3.64. The Bertz CT molecular complexity index is 1090. The minimum absolute atomic E-state index is 0.0151. The van der Waals surface area contributed by atoms with E-state index in [4.69, 9.17) is 0 Å². The third-order valence-electron chi connectivity index (χ3n) is 4.24. The van der Waals surface area contributed by atoms with Crippen LogP contribution in [0.1, 0.15) is 17.7 Å². The first-order valence-corrected chi connectivity index (χ1v) is 9.94. The smallest absolute Gasteiger partial charge is 0.379 e. The van der Waals surface area contributed by atoms with E-state index in [2.05, 4.69) is 10.3 Å². The van der Waals surface area contributed by atoms with Crippen molar-refractivity contribution in [1.29, 1.82) is 0 Å². The quantitative estimate of drug-likeness (QED) is 0.377. The van der Waals surface area contributed by atoms with Gasteiger partial charge in [-0.3, -0.25) is 19.8 Å². The van der Waals surface area contributed by atoms with Gasteiger partial charge in [0.2, 0.25) is 5.91 Å². The maximum atomic E-state index is 12.9. The lowest BCUT2D eigenvalue weighted by atomic mass is 10.1. The number of nitrogens with one attached hydrogen (secondary N) is 1. The van der Waals surface area contributed by atoms with Gasteiger partial charge in [-0.15, -0.1) is 11.3 Å². The third kappa shape index (κ3) is 5.37. The van der Waals surface area contributed by atoms with E-state index in [1.807, 2.05) is 11.4 Å². The number of para-hydroxylation sites is 1. The first-order chi connectivity index (χ1) is 14.7. The second kappa shape index (κ2) is 9.13. The molecule has 0 fully saturated rings. The lowest BCUT2D eigenvalue weighted by molar-refractivity contribution is -0.384. The van der Waals surface area contributed by atoms with Crippen LogP contribution in [0.2, 0.25) is 0 Å². The Morgan fingerprint density at radius 3 is 2.52 bits per heavy atom. The Morgan fingerprint density at radius 1 is 1.23 bits per heavy atom. The molecule has 0 aliphatic heterocycles. The van der Waals surface area contributed by atoms with Crippen molar-refractivity contribution in [3.8, 4) is 0 Å². The van der Waals surface area contributed by atoms with Crippen LogP contribution in [0.4, 0.5) is 35.4 Å². The summed E-state index contributed by atoms with van der Waals surface area (Å²) in [4.78, 5) is 29.0. The van der Waals surface area contributed by atoms with Gasteiger partial charge in [-0.25, -0.2) is 4.98 Å². The Hall–Kier alpha value is -3.47. The molecule has 0 unspecified atom stereocenters. The molecule has 0 spiro atoms. The van der Waals surface area contributed by atoms with Crippen LogP contribution in [0, 0.1) is 17.0 Å². The summed E-state index contributed by atoms with van der Waals surface area (Å²) in [7, 11) is 0. The highest BCUT2D eigenvalue weighted by molar-refractivity contribution is 7.14. The summed E-state index contributed by atoms with van der Waals surface area (Å²) >= 11 is 1.30. The van der Waals surface area contributed by atoms with Crippen molar-refractivity contribution in [3.05, 3.63) is 75.3 Å². The van der Waals surface area contributed by atoms with Gasteiger partial charge >= 0.3 is 6.18 Å². The summed E-state index contributed by atoms with van der Waals surface area (Å²) in [5, 5.41) is 16.2. The molecule has 0 saturated carbocycles. The second-order valence-electron chi connectivity index (χ2n) is 6.50. The maximum Gasteiger partial charge on any atom is 0.416 e. The van der Waals surface area contributed by atoms with Crippen molar-refractivity contribution >= 4 is 39.4 Å². The van der Waals surface area contributed by atoms with E-state index in [0.29, 0.717) is 16.9 Å². The molecule has 162 valence electrons. The van der Waals surface area contributed by atoms with E-state index in [1.54, 1.807) is 31.2 Å². The van der Waals surface area contributed by atoms with Crippen LogP contribution in [-0.2, 0) is 11.0 Å². The molecule has 31 heavy (non-hydrogen) atoms. The minimum atomic E-state index is -4.69. The van der Waals surface area contributed by atoms with Crippen molar-refractivity contribution in [2.75, 3.05) is 16.8 Å². The van der Waals surface area contributed by atoms with Gasteiger partial charge in [0.1, 0.15) is 5.69 Å². The molecule has 1 N–H and O–H groups in total. The number of nitro groups is 1. The number of halogens is 3. The second-order valence-corrected chi connectivity index (χ2v) is 7.34. The topological polar surface area (TPSA) is 88.4 Å². The standard InChI is InChI=1S/C20H17F3N4O3S/c1-13-12-31-19(25-13)26(15-5-3-2-4-6-15)18(28)9-10-24-16-8-7-14(20(21,22)23)11-17(16)27(29)30/h2-8,11-12,24H,9-10H2,1H3. The first kappa shape index (κ1) is 22.2. The molecule has 0 bridgehead atoms. The molecular weight excluding hydrogens is 433 g/mol. The molecule has 1 aromatic heterocycles. The number of thiazole rings is 1. The Morgan fingerprint density at radius 2 is 1.94 bits per heavy atom. The van der Waals surface area contributed by atoms with Crippen LogP contribution in [0.5, 0.6) is 0 Å². The van der Waals surface area contributed by atoms with Crippen LogP contribution in [0.3, 0.4) is 0 Å². The molecule has 0 radical (unpaired) electrons. The minimum Gasteiger partial charge on any atom is -0.379 e. The predicted molar refractivity (Wildman–Crippen MR) is 112 cm³/mol. The van der Waals surface area contributed by atoms with E-state index >= 15 is 0 Å². The van der Waals surface area contributed by atoms with Crippen LogP contribution >= 0.6 is 11.3 Å². The number of amides is 1. The lowest BCUT2D eigenvalue weighted by Gasteiger charge is -2.20. The molecule has 3 rings (SSSR count).